The van der Waals surface area contributed by atoms with Crippen LogP contribution < -0.4 is 15.6 Å². The monoisotopic (exact) mass is 480 g/mol. The highest BCUT2D eigenvalue weighted by Crippen LogP contribution is 2.31. The first-order chi connectivity index (χ1) is 14.7. The predicted octanol–water partition coefficient (Wildman–Crippen LogP) is 5.14. The molecule has 0 aromatic heterocycles. The number of fused-ring (bicyclic) bond motifs is 1. The number of carbonyl (C=O) groups excluding carboxylic acids is 2. The highest BCUT2D eigenvalue weighted by atomic mass is 79.9. The van der Waals surface area contributed by atoms with Gasteiger partial charge in [0.2, 0.25) is 0 Å². The normalized spacial score (nSPS) is 11.5. The van der Waals surface area contributed by atoms with Gasteiger partial charge in [0.05, 0.1) is 4.47 Å². The third kappa shape index (κ3) is 6.18. The lowest BCUT2D eigenvalue weighted by Crippen LogP contribution is -2.43. The zero-order valence-electron chi connectivity index (χ0n) is 17.7. The van der Waals surface area contributed by atoms with Crippen LogP contribution in [0.2, 0.25) is 0 Å². The van der Waals surface area contributed by atoms with Crippen molar-refractivity contribution in [2.45, 2.75) is 26.2 Å². The lowest BCUT2D eigenvalue weighted by molar-refractivity contribution is -0.128. The number of hydrogen-bond acceptors (Lipinski definition) is 3. The number of nitrogens with one attached hydrogen (secondary N) is 2. The van der Waals surface area contributed by atoms with Gasteiger partial charge in [0.15, 0.2) is 6.61 Å². The summed E-state index contributed by atoms with van der Waals surface area (Å²) in [5.74, 6) is -0.332. The van der Waals surface area contributed by atoms with Crippen LogP contribution >= 0.6 is 15.9 Å². The summed E-state index contributed by atoms with van der Waals surface area (Å²) >= 11 is 3.48. The second-order valence-electron chi connectivity index (χ2n) is 8.12. The average Bonchev–Trinajstić information content (AvgIpc) is 2.74. The Bertz CT molecular complexity index is 1130. The quantitative estimate of drug-likeness (QED) is 0.392. The molecule has 0 saturated heterocycles. The first kappa shape index (κ1) is 22.6. The van der Waals surface area contributed by atoms with Gasteiger partial charge in [-0.05, 0) is 61.5 Å². The van der Waals surface area contributed by atoms with E-state index in [0.29, 0.717) is 5.75 Å². The van der Waals surface area contributed by atoms with Gasteiger partial charge in [-0.2, -0.15) is 0 Å². The molecule has 0 saturated carbocycles. The maximum Gasteiger partial charge on any atom is 0.276 e. The number of hydrogen-bond donors (Lipinski definition) is 2. The summed E-state index contributed by atoms with van der Waals surface area (Å²) in [4.78, 5) is 24.1. The van der Waals surface area contributed by atoms with Crippen molar-refractivity contribution in [2.24, 2.45) is 0 Å². The molecule has 31 heavy (non-hydrogen) atoms. The van der Waals surface area contributed by atoms with E-state index in [0.717, 1.165) is 26.4 Å². The maximum atomic E-state index is 12.1. The summed E-state index contributed by atoms with van der Waals surface area (Å²) in [7, 11) is 0. The van der Waals surface area contributed by atoms with Crippen molar-refractivity contribution in [2.75, 3.05) is 6.61 Å². The van der Waals surface area contributed by atoms with Gasteiger partial charge in [-0.3, -0.25) is 20.4 Å². The molecule has 3 aromatic carbocycles. The van der Waals surface area contributed by atoms with Gasteiger partial charge in [-0.15, -0.1) is 0 Å². The summed E-state index contributed by atoms with van der Waals surface area (Å²) in [6.45, 7) is 6.15. The summed E-state index contributed by atoms with van der Waals surface area (Å²) < 4.78 is 6.32. The van der Waals surface area contributed by atoms with Crippen molar-refractivity contribution in [1.82, 2.24) is 10.9 Å². The van der Waals surface area contributed by atoms with Crippen molar-refractivity contribution in [3.63, 3.8) is 0 Å². The van der Waals surface area contributed by atoms with E-state index >= 15 is 0 Å². The third-order valence-corrected chi connectivity index (χ3v) is 5.34. The standard InChI is InChI=1S/C25H25BrN2O3/c1-25(2,3)19-12-13-22(21(26)15-19)31-16-24(30)28-27-23(29)14-11-18-9-6-8-17-7-4-5-10-20(17)18/h4-15H,16H2,1-3H3,(H,27,29)(H,28,30)/b14-11-. The van der Waals surface area contributed by atoms with Crippen molar-refractivity contribution in [1.29, 1.82) is 0 Å². The van der Waals surface area contributed by atoms with Gasteiger partial charge in [0.25, 0.3) is 11.8 Å². The number of benzene rings is 3. The zero-order valence-corrected chi connectivity index (χ0v) is 19.3. The molecule has 3 rings (SSSR count). The van der Waals surface area contributed by atoms with E-state index in [1.165, 1.54) is 6.08 Å². The van der Waals surface area contributed by atoms with Gasteiger partial charge >= 0.3 is 0 Å². The predicted molar refractivity (Wildman–Crippen MR) is 128 cm³/mol. The Morgan fingerprint density at radius 3 is 2.48 bits per heavy atom. The molecule has 2 amide bonds. The highest BCUT2D eigenvalue weighted by Gasteiger charge is 2.15. The van der Waals surface area contributed by atoms with Crippen LogP contribution in [0, 0.1) is 0 Å². The molecule has 0 heterocycles. The average molecular weight is 481 g/mol. The summed E-state index contributed by atoms with van der Waals surface area (Å²) in [5.41, 5.74) is 6.81. The van der Waals surface area contributed by atoms with Crippen LogP contribution in [0.5, 0.6) is 5.75 Å². The summed E-state index contributed by atoms with van der Waals surface area (Å²) in [6, 6.07) is 19.6. The number of rotatable bonds is 5. The second kappa shape index (κ2) is 9.79. The van der Waals surface area contributed by atoms with Gasteiger partial charge in [0.1, 0.15) is 5.75 Å². The molecule has 3 aromatic rings. The number of halogens is 1. The first-order valence-electron chi connectivity index (χ1n) is 9.91. The van der Waals surface area contributed by atoms with E-state index in [1.54, 1.807) is 6.08 Å². The molecule has 0 atom stereocenters. The Hall–Kier alpha value is -3.12. The summed E-state index contributed by atoms with van der Waals surface area (Å²) in [6.07, 6.45) is 3.10. The number of amides is 2. The molecule has 0 bridgehead atoms. The molecule has 6 heteroatoms. The van der Waals surface area contributed by atoms with Crippen molar-refractivity contribution < 1.29 is 14.3 Å². The van der Waals surface area contributed by atoms with Crippen LogP contribution in [0.1, 0.15) is 31.9 Å². The molecule has 0 aliphatic rings. The Morgan fingerprint density at radius 1 is 1.00 bits per heavy atom. The molecule has 160 valence electrons. The lowest BCUT2D eigenvalue weighted by atomic mass is 9.87. The minimum absolute atomic E-state index is 0.0161. The molecule has 0 unspecified atom stereocenters. The third-order valence-electron chi connectivity index (χ3n) is 4.72. The Labute approximate surface area is 190 Å². The highest BCUT2D eigenvalue weighted by molar-refractivity contribution is 9.10. The maximum absolute atomic E-state index is 12.1. The number of carbonyl (C=O) groups is 2. The molecule has 0 radical (unpaired) electrons. The van der Waals surface area contributed by atoms with Crippen molar-refractivity contribution in [3.05, 3.63) is 82.3 Å². The minimum Gasteiger partial charge on any atom is -0.483 e. The van der Waals surface area contributed by atoms with Crippen LogP contribution in [-0.2, 0) is 15.0 Å². The fraction of sp³-hybridized carbons (Fsp3) is 0.200. The largest absolute Gasteiger partial charge is 0.483 e. The van der Waals surface area contributed by atoms with E-state index in [-0.39, 0.29) is 12.0 Å². The molecule has 0 spiro atoms. The fourth-order valence-corrected chi connectivity index (χ4v) is 3.49. The molecule has 2 N–H and O–H groups in total. The van der Waals surface area contributed by atoms with Gasteiger partial charge < -0.3 is 4.74 Å². The second-order valence-corrected chi connectivity index (χ2v) is 8.98. The van der Waals surface area contributed by atoms with Crippen LogP contribution in [0.15, 0.2) is 71.2 Å². The lowest BCUT2D eigenvalue weighted by Gasteiger charge is -2.20. The molecular formula is C25H25BrN2O3. The minimum atomic E-state index is -0.460. The Balaban J connectivity index is 1.50. The molecule has 0 fully saturated rings. The van der Waals surface area contributed by atoms with E-state index in [2.05, 4.69) is 47.6 Å². The number of ether oxygens (including phenoxy) is 1. The summed E-state index contributed by atoms with van der Waals surface area (Å²) in [5, 5.41) is 2.15. The molecule has 0 aliphatic heterocycles. The zero-order chi connectivity index (χ0) is 22.4. The van der Waals surface area contributed by atoms with Gasteiger partial charge in [-0.1, -0.05) is 69.3 Å². The van der Waals surface area contributed by atoms with E-state index in [9.17, 15) is 9.59 Å². The number of hydrazine groups is 1. The van der Waals surface area contributed by atoms with Crippen molar-refractivity contribution >= 4 is 44.6 Å². The van der Waals surface area contributed by atoms with E-state index in [4.69, 9.17) is 4.74 Å². The molecule has 0 aliphatic carbocycles. The topological polar surface area (TPSA) is 67.4 Å². The smallest absolute Gasteiger partial charge is 0.276 e. The molecule has 5 nitrogen and oxygen atoms in total. The van der Waals surface area contributed by atoms with E-state index < -0.39 is 11.8 Å². The van der Waals surface area contributed by atoms with Crippen LogP contribution in [-0.4, -0.2) is 18.4 Å². The van der Waals surface area contributed by atoms with Crippen molar-refractivity contribution in [3.8, 4) is 5.75 Å². The SMILES string of the molecule is CC(C)(C)c1ccc(OCC(=O)NNC(=O)/C=C\c2cccc3ccccc23)c(Br)c1. The van der Waals surface area contributed by atoms with Crippen LogP contribution in [0.25, 0.3) is 16.8 Å². The Morgan fingerprint density at radius 2 is 1.74 bits per heavy atom. The Kier molecular flexibility index (Phi) is 7.13. The van der Waals surface area contributed by atoms with Gasteiger partial charge in [0, 0.05) is 6.08 Å². The van der Waals surface area contributed by atoms with E-state index in [1.807, 2.05) is 60.7 Å². The fourth-order valence-electron chi connectivity index (χ4n) is 3.00. The van der Waals surface area contributed by atoms with Crippen LogP contribution in [0.3, 0.4) is 0 Å². The molecular weight excluding hydrogens is 456 g/mol. The van der Waals surface area contributed by atoms with Crippen LogP contribution in [0.4, 0.5) is 0 Å². The van der Waals surface area contributed by atoms with Gasteiger partial charge in [-0.25, -0.2) is 0 Å². The first-order valence-corrected chi connectivity index (χ1v) is 10.7.